The molecule has 52 heavy (non-hydrogen) atoms. The van der Waals surface area contributed by atoms with E-state index < -0.39 is 0 Å². The van der Waals surface area contributed by atoms with Crippen LogP contribution in [0.3, 0.4) is 0 Å². The molecule has 0 saturated heterocycles. The molecule has 1 nitrogen and oxygen atoms in total. The average Bonchev–Trinajstić information content (AvgIpc) is 3.66. The van der Waals surface area contributed by atoms with Gasteiger partial charge in [0.25, 0.3) is 0 Å². The summed E-state index contributed by atoms with van der Waals surface area (Å²) in [6.45, 7) is 4.77. The Morgan fingerprint density at radius 1 is 0.385 bits per heavy atom. The molecule has 0 atom stereocenters. The fraction of sp³-hybridized carbons (Fsp3) is 0.0588. The summed E-state index contributed by atoms with van der Waals surface area (Å²) in [6, 6.07) is 62.2. The largest absolute Gasteiger partial charge is 0.455 e. The van der Waals surface area contributed by atoms with Crippen molar-refractivity contribution in [1.82, 2.24) is 0 Å². The smallest absolute Gasteiger partial charge is 0.143 e. The van der Waals surface area contributed by atoms with Crippen LogP contribution in [0.15, 0.2) is 174 Å². The van der Waals surface area contributed by atoms with Gasteiger partial charge in [0.1, 0.15) is 11.2 Å². The molecule has 1 aromatic heterocycles. The summed E-state index contributed by atoms with van der Waals surface area (Å²) in [5.41, 5.74) is 14.3. The monoisotopic (exact) mass is 662 g/mol. The van der Waals surface area contributed by atoms with Gasteiger partial charge in [0, 0.05) is 27.3 Å². The van der Waals surface area contributed by atoms with Crippen molar-refractivity contribution < 1.29 is 4.42 Å². The van der Waals surface area contributed by atoms with Crippen LogP contribution in [-0.4, -0.2) is 0 Å². The molecule has 1 heteroatoms. The number of fused-ring (bicyclic) bond motifs is 9. The van der Waals surface area contributed by atoms with Gasteiger partial charge in [-0.15, -0.1) is 0 Å². The van der Waals surface area contributed by atoms with E-state index in [1.165, 1.54) is 88.0 Å². The summed E-state index contributed by atoms with van der Waals surface area (Å²) in [7, 11) is 0. The first-order chi connectivity index (χ1) is 25.6. The van der Waals surface area contributed by atoms with Crippen LogP contribution in [0.2, 0.25) is 0 Å². The zero-order valence-electron chi connectivity index (χ0n) is 29.1. The van der Waals surface area contributed by atoms with Crippen molar-refractivity contribution in [3.63, 3.8) is 0 Å². The molecular weight excluding hydrogens is 629 g/mol. The standard InChI is InChI=1S/C51H34O/c1-51(2)44-23-13-12-18-36(44)42-30-43-41-28-34-16-6-7-17-35(34)29-45(41)52-50(43)48(49(42)51)47-39-21-10-8-19-37(39)46(38-20-9-11-22-40(38)47)33-26-24-32(25-27-33)31-14-4-3-5-15-31/h3-30H,1-2H3. The molecule has 0 amide bonds. The molecule has 0 aliphatic heterocycles. The second-order valence-electron chi connectivity index (χ2n) is 14.8. The van der Waals surface area contributed by atoms with E-state index >= 15 is 0 Å². The van der Waals surface area contributed by atoms with Crippen molar-refractivity contribution in [2.75, 3.05) is 0 Å². The normalized spacial score (nSPS) is 13.3. The zero-order valence-corrected chi connectivity index (χ0v) is 29.1. The summed E-state index contributed by atoms with van der Waals surface area (Å²) < 4.78 is 7.13. The topological polar surface area (TPSA) is 13.1 Å². The minimum absolute atomic E-state index is 0.243. The third kappa shape index (κ3) is 4.05. The van der Waals surface area contributed by atoms with Crippen molar-refractivity contribution in [2.24, 2.45) is 0 Å². The Morgan fingerprint density at radius 2 is 0.923 bits per heavy atom. The van der Waals surface area contributed by atoms with E-state index in [-0.39, 0.29) is 5.41 Å². The highest BCUT2D eigenvalue weighted by Crippen LogP contribution is 2.57. The predicted octanol–water partition coefficient (Wildman–Crippen LogP) is 14.4. The Morgan fingerprint density at radius 3 is 1.62 bits per heavy atom. The first-order valence-corrected chi connectivity index (χ1v) is 18.2. The third-order valence-corrected chi connectivity index (χ3v) is 11.6. The molecule has 0 bridgehead atoms. The van der Waals surface area contributed by atoms with E-state index in [9.17, 15) is 0 Å². The van der Waals surface area contributed by atoms with Crippen molar-refractivity contribution >= 4 is 54.3 Å². The van der Waals surface area contributed by atoms with Gasteiger partial charge >= 0.3 is 0 Å². The third-order valence-electron chi connectivity index (χ3n) is 11.6. The van der Waals surface area contributed by atoms with Gasteiger partial charge in [-0.2, -0.15) is 0 Å². The number of rotatable bonds is 3. The lowest BCUT2D eigenvalue weighted by atomic mass is 9.76. The minimum Gasteiger partial charge on any atom is -0.455 e. The molecule has 10 aromatic rings. The van der Waals surface area contributed by atoms with E-state index in [2.05, 4.69) is 184 Å². The number of furan rings is 1. The Hall–Kier alpha value is -6.44. The van der Waals surface area contributed by atoms with Crippen LogP contribution in [0.1, 0.15) is 25.0 Å². The second kappa shape index (κ2) is 10.8. The highest BCUT2D eigenvalue weighted by Gasteiger charge is 2.40. The van der Waals surface area contributed by atoms with Gasteiger partial charge in [-0.05, 0) is 95.0 Å². The summed E-state index contributed by atoms with van der Waals surface area (Å²) in [4.78, 5) is 0. The highest BCUT2D eigenvalue weighted by molar-refractivity contribution is 6.26. The molecular formula is C51H34O. The summed E-state index contributed by atoms with van der Waals surface area (Å²) in [6.07, 6.45) is 0. The van der Waals surface area contributed by atoms with Crippen molar-refractivity contribution in [3.8, 4) is 44.5 Å². The van der Waals surface area contributed by atoms with Crippen LogP contribution < -0.4 is 0 Å². The lowest BCUT2D eigenvalue weighted by Gasteiger charge is -2.26. The van der Waals surface area contributed by atoms with Crippen molar-refractivity contribution in [3.05, 3.63) is 181 Å². The molecule has 244 valence electrons. The van der Waals surface area contributed by atoms with E-state index in [1.54, 1.807) is 0 Å². The van der Waals surface area contributed by atoms with Crippen LogP contribution in [0.5, 0.6) is 0 Å². The fourth-order valence-corrected chi connectivity index (χ4v) is 9.26. The summed E-state index contributed by atoms with van der Waals surface area (Å²) in [5.74, 6) is 0. The first-order valence-electron chi connectivity index (χ1n) is 18.2. The van der Waals surface area contributed by atoms with Gasteiger partial charge in [0.2, 0.25) is 0 Å². The van der Waals surface area contributed by atoms with E-state index in [0.717, 1.165) is 21.9 Å². The molecule has 1 aliphatic carbocycles. The van der Waals surface area contributed by atoms with Crippen molar-refractivity contribution in [2.45, 2.75) is 19.3 Å². The molecule has 11 rings (SSSR count). The molecule has 0 radical (unpaired) electrons. The van der Waals surface area contributed by atoms with Crippen LogP contribution in [0.25, 0.3) is 98.8 Å². The molecule has 0 spiro atoms. The Labute approximate surface area is 302 Å². The van der Waals surface area contributed by atoms with Crippen LogP contribution >= 0.6 is 0 Å². The maximum absolute atomic E-state index is 7.13. The van der Waals surface area contributed by atoms with Gasteiger partial charge < -0.3 is 4.42 Å². The van der Waals surface area contributed by atoms with Gasteiger partial charge in [-0.3, -0.25) is 0 Å². The molecule has 9 aromatic carbocycles. The molecule has 0 N–H and O–H groups in total. The minimum atomic E-state index is -0.243. The Balaban J connectivity index is 1.29. The van der Waals surface area contributed by atoms with Crippen molar-refractivity contribution in [1.29, 1.82) is 0 Å². The number of benzene rings is 9. The van der Waals surface area contributed by atoms with Crippen LogP contribution in [0.4, 0.5) is 0 Å². The number of hydrogen-bond donors (Lipinski definition) is 0. The fourth-order valence-electron chi connectivity index (χ4n) is 9.26. The molecule has 0 fully saturated rings. The van der Waals surface area contributed by atoms with Gasteiger partial charge in [0.15, 0.2) is 0 Å². The van der Waals surface area contributed by atoms with E-state index in [1.807, 2.05) is 0 Å². The quantitative estimate of drug-likeness (QED) is 0.172. The maximum Gasteiger partial charge on any atom is 0.143 e. The van der Waals surface area contributed by atoms with Crippen LogP contribution in [-0.2, 0) is 5.41 Å². The zero-order chi connectivity index (χ0) is 34.6. The number of hydrogen-bond acceptors (Lipinski definition) is 1. The van der Waals surface area contributed by atoms with Crippen LogP contribution in [0, 0.1) is 0 Å². The SMILES string of the molecule is CC1(C)c2ccccc2-c2cc3c(oc4cc5ccccc5cc43)c(-c3c4ccccc4c(-c4ccc(-c5ccccc5)cc4)c4ccccc34)c21. The molecule has 1 heterocycles. The Bertz CT molecular complexity index is 3010. The maximum atomic E-state index is 7.13. The average molecular weight is 663 g/mol. The lowest BCUT2D eigenvalue weighted by Crippen LogP contribution is -2.16. The van der Waals surface area contributed by atoms with Gasteiger partial charge in [-0.1, -0.05) is 166 Å². The summed E-state index contributed by atoms with van der Waals surface area (Å²) >= 11 is 0. The highest BCUT2D eigenvalue weighted by atomic mass is 16.3. The van der Waals surface area contributed by atoms with E-state index in [4.69, 9.17) is 4.42 Å². The Kier molecular flexibility index (Phi) is 6.08. The second-order valence-corrected chi connectivity index (χ2v) is 14.8. The lowest BCUT2D eigenvalue weighted by molar-refractivity contribution is 0.650. The predicted molar refractivity (Wildman–Crippen MR) is 220 cm³/mol. The van der Waals surface area contributed by atoms with E-state index in [0.29, 0.717) is 0 Å². The van der Waals surface area contributed by atoms with Gasteiger partial charge in [0.05, 0.1) is 0 Å². The molecule has 0 unspecified atom stereocenters. The first kappa shape index (κ1) is 29.3. The molecule has 0 saturated carbocycles. The molecule has 1 aliphatic rings. The summed E-state index contributed by atoms with van der Waals surface area (Å²) in [5, 5.41) is 9.67. The van der Waals surface area contributed by atoms with Gasteiger partial charge in [-0.25, -0.2) is 0 Å².